The molecular weight excluding hydrogens is 302 g/mol. The van der Waals surface area contributed by atoms with Crippen LogP contribution in [-0.4, -0.2) is 66.5 Å². The summed E-state index contributed by atoms with van der Waals surface area (Å²) in [5.41, 5.74) is 6.64. The highest BCUT2D eigenvalue weighted by Gasteiger charge is 2.33. The van der Waals surface area contributed by atoms with Crippen LogP contribution in [-0.2, 0) is 11.3 Å². The molecule has 24 heavy (non-hydrogen) atoms. The molecule has 1 aromatic rings. The van der Waals surface area contributed by atoms with Crippen LogP contribution in [0.3, 0.4) is 0 Å². The van der Waals surface area contributed by atoms with Gasteiger partial charge in [-0.25, -0.2) is 4.98 Å². The Morgan fingerprint density at radius 3 is 2.46 bits per heavy atom. The van der Waals surface area contributed by atoms with Crippen LogP contribution < -0.4 is 10.6 Å². The minimum absolute atomic E-state index is 0.0679. The van der Waals surface area contributed by atoms with Crippen LogP contribution in [0.2, 0.25) is 0 Å². The van der Waals surface area contributed by atoms with Crippen molar-refractivity contribution < 1.29 is 4.79 Å². The quantitative estimate of drug-likeness (QED) is 0.850. The highest BCUT2D eigenvalue weighted by Crippen LogP contribution is 2.18. The number of carbonyl (C=O) groups excluding carboxylic acids is 1. The maximum absolute atomic E-state index is 12.6. The molecule has 134 valence electrons. The number of hydrogen-bond acceptors (Lipinski definition) is 5. The Morgan fingerprint density at radius 2 is 1.96 bits per heavy atom. The average molecular weight is 333 g/mol. The van der Waals surface area contributed by atoms with Gasteiger partial charge in [-0.05, 0) is 39.1 Å². The molecule has 0 bridgehead atoms. The summed E-state index contributed by atoms with van der Waals surface area (Å²) in [6.45, 7) is 7.80. The van der Waals surface area contributed by atoms with Gasteiger partial charge >= 0.3 is 0 Å². The number of amides is 1. The van der Waals surface area contributed by atoms with Crippen molar-refractivity contribution in [2.75, 3.05) is 45.2 Å². The van der Waals surface area contributed by atoms with Gasteiger partial charge in [0.1, 0.15) is 5.82 Å². The van der Waals surface area contributed by atoms with Crippen molar-refractivity contribution in [3.63, 3.8) is 0 Å². The summed E-state index contributed by atoms with van der Waals surface area (Å²) in [7, 11) is 4.10. The van der Waals surface area contributed by atoms with Crippen molar-refractivity contribution in [3.05, 3.63) is 23.9 Å². The minimum Gasteiger partial charge on any atom is -0.353 e. The molecule has 0 aliphatic carbocycles. The molecule has 1 unspecified atom stereocenters. The van der Waals surface area contributed by atoms with Crippen molar-refractivity contribution in [1.29, 1.82) is 0 Å². The molecule has 1 aromatic heterocycles. The molecule has 1 fully saturated rings. The molecule has 2 N–H and O–H groups in total. The summed E-state index contributed by atoms with van der Waals surface area (Å²) in [4.78, 5) is 23.4. The molecule has 1 aliphatic heterocycles. The van der Waals surface area contributed by atoms with Crippen molar-refractivity contribution >= 4 is 11.7 Å². The summed E-state index contributed by atoms with van der Waals surface area (Å²) in [5.74, 6) is 1.05. The number of carbonyl (C=O) groups is 1. The van der Waals surface area contributed by atoms with E-state index in [1.807, 2.05) is 32.1 Å². The number of piperazine rings is 1. The lowest BCUT2D eigenvalue weighted by molar-refractivity contribution is -0.137. The summed E-state index contributed by atoms with van der Waals surface area (Å²) in [6.07, 6.45) is 3.58. The van der Waals surface area contributed by atoms with Gasteiger partial charge in [-0.1, -0.05) is 19.4 Å². The Morgan fingerprint density at radius 1 is 1.29 bits per heavy atom. The third kappa shape index (κ3) is 4.68. The molecule has 6 nitrogen and oxygen atoms in total. The molecule has 6 heteroatoms. The Bertz CT molecular complexity index is 533. The fourth-order valence-corrected chi connectivity index (χ4v) is 3.19. The van der Waals surface area contributed by atoms with Gasteiger partial charge in [-0.3, -0.25) is 4.79 Å². The summed E-state index contributed by atoms with van der Waals surface area (Å²) in [5, 5.41) is 0. The third-order valence-electron chi connectivity index (χ3n) is 4.46. The number of nitrogens with two attached hydrogens (primary N) is 1. The van der Waals surface area contributed by atoms with E-state index in [1.165, 1.54) is 5.56 Å². The third-order valence-corrected chi connectivity index (χ3v) is 4.46. The summed E-state index contributed by atoms with van der Waals surface area (Å²) >= 11 is 0. The molecule has 1 aliphatic rings. The lowest BCUT2D eigenvalue weighted by Gasteiger charge is -2.39. The molecule has 0 saturated carbocycles. The van der Waals surface area contributed by atoms with Gasteiger partial charge in [-0.2, -0.15) is 0 Å². The van der Waals surface area contributed by atoms with Crippen LogP contribution in [0, 0.1) is 0 Å². The highest BCUT2D eigenvalue weighted by molar-refractivity contribution is 5.85. The van der Waals surface area contributed by atoms with Gasteiger partial charge in [0.2, 0.25) is 5.91 Å². The molecule has 1 saturated heterocycles. The van der Waals surface area contributed by atoms with Crippen LogP contribution >= 0.6 is 0 Å². The second-order valence-corrected chi connectivity index (χ2v) is 7.21. The molecule has 0 spiro atoms. The van der Waals surface area contributed by atoms with Crippen molar-refractivity contribution in [1.82, 2.24) is 14.8 Å². The fraction of sp³-hybridized carbons (Fsp3) is 0.667. The molecule has 2 heterocycles. The molecule has 2 rings (SSSR count). The van der Waals surface area contributed by atoms with Gasteiger partial charge in [0.25, 0.3) is 0 Å². The van der Waals surface area contributed by atoms with Crippen molar-refractivity contribution in [2.45, 2.75) is 38.8 Å². The zero-order valence-electron chi connectivity index (χ0n) is 15.5. The summed E-state index contributed by atoms with van der Waals surface area (Å²) in [6, 6.07) is 4.19. The van der Waals surface area contributed by atoms with Gasteiger partial charge in [0.05, 0.1) is 5.54 Å². The maximum Gasteiger partial charge on any atom is 0.242 e. The van der Waals surface area contributed by atoms with E-state index in [0.29, 0.717) is 13.1 Å². The highest BCUT2D eigenvalue weighted by atomic mass is 16.2. The first-order valence-corrected chi connectivity index (χ1v) is 8.76. The molecular formula is C18H31N5O. The first kappa shape index (κ1) is 18.7. The van der Waals surface area contributed by atoms with E-state index >= 15 is 0 Å². The predicted molar refractivity (Wildman–Crippen MR) is 97.9 cm³/mol. The Kier molecular flexibility index (Phi) is 6.18. The second-order valence-electron chi connectivity index (χ2n) is 7.21. The monoisotopic (exact) mass is 333 g/mol. The summed E-state index contributed by atoms with van der Waals surface area (Å²) < 4.78 is 0. The van der Waals surface area contributed by atoms with E-state index in [0.717, 1.165) is 38.3 Å². The van der Waals surface area contributed by atoms with Crippen molar-refractivity contribution in [2.24, 2.45) is 5.73 Å². The first-order chi connectivity index (χ1) is 11.3. The SMILES string of the molecule is CCCC(C)(N)C(=O)N1CCN(c2ccc(CN(C)C)cn2)CC1. The molecule has 1 atom stereocenters. The van der Waals surface area contributed by atoms with E-state index in [-0.39, 0.29) is 5.91 Å². The van der Waals surface area contributed by atoms with Gasteiger partial charge in [0, 0.05) is 38.9 Å². The van der Waals surface area contributed by atoms with Crippen LogP contribution in [0.25, 0.3) is 0 Å². The fourth-order valence-electron chi connectivity index (χ4n) is 3.19. The maximum atomic E-state index is 12.6. The zero-order valence-corrected chi connectivity index (χ0v) is 15.5. The molecule has 0 aromatic carbocycles. The minimum atomic E-state index is -0.747. The molecule has 1 amide bonds. The number of rotatable bonds is 6. The van der Waals surface area contributed by atoms with Crippen molar-refractivity contribution in [3.8, 4) is 0 Å². The smallest absolute Gasteiger partial charge is 0.242 e. The first-order valence-electron chi connectivity index (χ1n) is 8.76. The van der Waals surface area contributed by atoms with E-state index in [4.69, 9.17) is 5.73 Å². The lowest BCUT2D eigenvalue weighted by atomic mass is 9.95. The van der Waals surface area contributed by atoms with E-state index in [2.05, 4.69) is 33.8 Å². The average Bonchev–Trinajstić information content (AvgIpc) is 2.54. The van der Waals surface area contributed by atoms with E-state index < -0.39 is 5.54 Å². The number of anilines is 1. The lowest BCUT2D eigenvalue weighted by Crippen LogP contribution is -2.58. The topological polar surface area (TPSA) is 65.7 Å². The van der Waals surface area contributed by atoms with Gasteiger partial charge < -0.3 is 20.4 Å². The Balaban J connectivity index is 1.91. The standard InChI is InChI=1S/C18H31N5O/c1-5-8-18(2,19)17(24)23-11-9-22(10-12-23)16-7-6-15(13-20-16)14-21(3)4/h6-7,13H,5,8-12,14,19H2,1-4H3. The van der Waals surface area contributed by atoms with Gasteiger partial charge in [0.15, 0.2) is 0 Å². The zero-order chi connectivity index (χ0) is 17.7. The van der Waals surface area contributed by atoms with E-state index in [1.54, 1.807) is 0 Å². The van der Waals surface area contributed by atoms with Gasteiger partial charge in [-0.15, -0.1) is 0 Å². The largest absolute Gasteiger partial charge is 0.353 e. The normalized spacial score (nSPS) is 17.9. The molecule has 0 radical (unpaired) electrons. The predicted octanol–water partition coefficient (Wildman–Crippen LogP) is 1.31. The van der Waals surface area contributed by atoms with Crippen LogP contribution in [0.1, 0.15) is 32.3 Å². The number of hydrogen-bond donors (Lipinski definition) is 1. The second kappa shape index (κ2) is 7.94. The Labute approximate surface area is 145 Å². The number of nitrogens with zero attached hydrogens (tertiary/aromatic N) is 4. The number of pyridine rings is 1. The van der Waals surface area contributed by atoms with Crippen LogP contribution in [0.15, 0.2) is 18.3 Å². The number of aromatic nitrogens is 1. The van der Waals surface area contributed by atoms with Crippen LogP contribution in [0.4, 0.5) is 5.82 Å². The Hall–Kier alpha value is -1.66. The van der Waals surface area contributed by atoms with Crippen LogP contribution in [0.5, 0.6) is 0 Å². The van der Waals surface area contributed by atoms with E-state index in [9.17, 15) is 4.79 Å².